The third-order valence-corrected chi connectivity index (χ3v) is 3.62. The van der Waals surface area contributed by atoms with Gasteiger partial charge < -0.3 is 15.2 Å². The summed E-state index contributed by atoms with van der Waals surface area (Å²) in [5.74, 6) is -0.182. The largest absolute Gasteiger partial charge is 0.484 e. The van der Waals surface area contributed by atoms with Crippen LogP contribution in [0.2, 0.25) is 0 Å². The van der Waals surface area contributed by atoms with Gasteiger partial charge in [0.05, 0.1) is 6.42 Å². The van der Waals surface area contributed by atoms with Gasteiger partial charge in [-0.3, -0.25) is 9.59 Å². The van der Waals surface area contributed by atoms with Crippen LogP contribution in [0.5, 0.6) is 5.75 Å². The molecule has 1 aromatic rings. The number of ether oxygens (including phenoxy) is 1. The normalized spacial score (nSPS) is 15.3. The Labute approximate surface area is 124 Å². The molecule has 5 nitrogen and oxygen atoms in total. The third-order valence-electron chi connectivity index (χ3n) is 3.62. The molecule has 21 heavy (non-hydrogen) atoms. The molecule has 0 aromatic heterocycles. The van der Waals surface area contributed by atoms with Gasteiger partial charge in [-0.25, -0.2) is 0 Å². The molecule has 1 aliphatic rings. The van der Waals surface area contributed by atoms with Crippen molar-refractivity contribution >= 4 is 11.9 Å². The maximum Gasteiger partial charge on any atom is 0.305 e. The molecule has 2 N–H and O–H groups in total. The summed E-state index contributed by atoms with van der Waals surface area (Å²) in [6.07, 6.45) is 1.94. The molecule has 1 amide bonds. The number of hydrogen-bond acceptors (Lipinski definition) is 3. The maximum atomic E-state index is 11.9. The Balaban J connectivity index is 1.84. The number of carbonyl (C=O) groups excluding carboxylic acids is 1. The topological polar surface area (TPSA) is 75.6 Å². The average molecular weight is 291 g/mol. The molecule has 2 rings (SSSR count). The minimum atomic E-state index is -0.887. The first kappa shape index (κ1) is 15.4. The SMILES string of the molecule is Cc1ccc(OCC(=O)NC(CC(=O)O)C2CC2)c(C)c1. The zero-order valence-corrected chi connectivity index (χ0v) is 12.4. The van der Waals surface area contributed by atoms with Gasteiger partial charge >= 0.3 is 5.97 Å². The average Bonchev–Trinajstić information content (AvgIpc) is 3.20. The lowest BCUT2D eigenvalue weighted by Crippen LogP contribution is -2.40. The number of aliphatic carboxylic acids is 1. The Bertz CT molecular complexity index is 537. The Morgan fingerprint density at radius 1 is 1.38 bits per heavy atom. The van der Waals surface area contributed by atoms with Crippen LogP contribution in [0.1, 0.15) is 30.4 Å². The van der Waals surface area contributed by atoms with E-state index in [0.717, 1.165) is 24.0 Å². The van der Waals surface area contributed by atoms with E-state index in [4.69, 9.17) is 9.84 Å². The molecule has 1 aliphatic carbocycles. The lowest BCUT2D eigenvalue weighted by atomic mass is 10.1. The van der Waals surface area contributed by atoms with Crippen LogP contribution in [0.4, 0.5) is 0 Å². The molecule has 1 aromatic carbocycles. The Morgan fingerprint density at radius 3 is 2.67 bits per heavy atom. The predicted molar refractivity (Wildman–Crippen MR) is 78.3 cm³/mol. The smallest absolute Gasteiger partial charge is 0.305 e. The third kappa shape index (κ3) is 4.77. The van der Waals surface area contributed by atoms with Crippen molar-refractivity contribution in [3.8, 4) is 5.75 Å². The van der Waals surface area contributed by atoms with E-state index < -0.39 is 5.97 Å². The van der Waals surface area contributed by atoms with Crippen LogP contribution < -0.4 is 10.1 Å². The molecule has 5 heteroatoms. The molecular weight excluding hydrogens is 270 g/mol. The highest BCUT2D eigenvalue weighted by Crippen LogP contribution is 2.34. The number of aryl methyl sites for hydroxylation is 2. The van der Waals surface area contributed by atoms with Crippen molar-refractivity contribution in [2.24, 2.45) is 5.92 Å². The van der Waals surface area contributed by atoms with Crippen LogP contribution in [0.25, 0.3) is 0 Å². The highest BCUT2D eigenvalue weighted by molar-refractivity contribution is 5.79. The van der Waals surface area contributed by atoms with Crippen molar-refractivity contribution in [1.29, 1.82) is 0 Å². The summed E-state index contributed by atoms with van der Waals surface area (Å²) in [7, 11) is 0. The maximum absolute atomic E-state index is 11.9. The molecule has 0 spiro atoms. The van der Waals surface area contributed by atoms with Crippen molar-refractivity contribution in [2.45, 2.75) is 39.2 Å². The minimum absolute atomic E-state index is 0.0278. The first-order valence-electron chi connectivity index (χ1n) is 7.17. The summed E-state index contributed by atoms with van der Waals surface area (Å²) in [5.41, 5.74) is 2.12. The van der Waals surface area contributed by atoms with Gasteiger partial charge in [0, 0.05) is 6.04 Å². The predicted octanol–water partition coefficient (Wildman–Crippen LogP) is 2.05. The Kier molecular flexibility index (Phi) is 4.83. The van der Waals surface area contributed by atoms with Gasteiger partial charge in [0.2, 0.25) is 0 Å². The van der Waals surface area contributed by atoms with Crippen molar-refractivity contribution in [1.82, 2.24) is 5.32 Å². The summed E-state index contributed by atoms with van der Waals surface area (Å²) in [4.78, 5) is 22.7. The fourth-order valence-corrected chi connectivity index (χ4v) is 2.38. The summed E-state index contributed by atoms with van der Waals surface area (Å²) >= 11 is 0. The molecule has 1 atom stereocenters. The molecule has 1 unspecified atom stereocenters. The van der Waals surface area contributed by atoms with E-state index in [-0.39, 0.29) is 25.0 Å². The number of carboxylic acids is 1. The van der Waals surface area contributed by atoms with Gasteiger partial charge in [0.1, 0.15) is 5.75 Å². The van der Waals surface area contributed by atoms with Crippen molar-refractivity contribution < 1.29 is 19.4 Å². The van der Waals surface area contributed by atoms with E-state index in [0.29, 0.717) is 11.7 Å². The first-order valence-corrected chi connectivity index (χ1v) is 7.17. The van der Waals surface area contributed by atoms with Crippen LogP contribution >= 0.6 is 0 Å². The van der Waals surface area contributed by atoms with Gasteiger partial charge in [0.15, 0.2) is 6.61 Å². The second-order valence-electron chi connectivity index (χ2n) is 5.67. The van der Waals surface area contributed by atoms with Gasteiger partial charge in [-0.15, -0.1) is 0 Å². The molecule has 1 saturated carbocycles. The molecule has 1 fully saturated rings. The first-order chi connectivity index (χ1) is 9.95. The van der Waals surface area contributed by atoms with Gasteiger partial charge in [-0.05, 0) is 44.2 Å². The number of benzene rings is 1. The van der Waals surface area contributed by atoms with E-state index >= 15 is 0 Å². The lowest BCUT2D eigenvalue weighted by molar-refractivity contribution is -0.138. The van der Waals surface area contributed by atoms with Crippen molar-refractivity contribution in [3.63, 3.8) is 0 Å². The number of carbonyl (C=O) groups is 2. The summed E-state index contributed by atoms with van der Waals surface area (Å²) in [5, 5.41) is 11.6. The van der Waals surface area contributed by atoms with Crippen molar-refractivity contribution in [3.05, 3.63) is 29.3 Å². The zero-order valence-electron chi connectivity index (χ0n) is 12.4. The van der Waals surface area contributed by atoms with Gasteiger partial charge in [-0.2, -0.15) is 0 Å². The van der Waals surface area contributed by atoms with Gasteiger partial charge in [-0.1, -0.05) is 17.7 Å². The molecule has 114 valence electrons. The van der Waals surface area contributed by atoms with Crippen LogP contribution in [0.3, 0.4) is 0 Å². The van der Waals surface area contributed by atoms with E-state index in [1.165, 1.54) is 0 Å². The number of amides is 1. The minimum Gasteiger partial charge on any atom is -0.484 e. The number of carboxylic acid groups (broad SMARTS) is 1. The molecule has 0 bridgehead atoms. The molecule has 0 saturated heterocycles. The van der Waals surface area contributed by atoms with E-state index in [1.54, 1.807) is 0 Å². The summed E-state index contributed by atoms with van der Waals surface area (Å²) < 4.78 is 5.50. The summed E-state index contributed by atoms with van der Waals surface area (Å²) in [6, 6.07) is 5.48. The molecule has 0 aliphatic heterocycles. The fraction of sp³-hybridized carbons (Fsp3) is 0.500. The zero-order chi connectivity index (χ0) is 15.4. The van der Waals surface area contributed by atoms with Crippen LogP contribution in [-0.2, 0) is 9.59 Å². The Hall–Kier alpha value is -2.04. The van der Waals surface area contributed by atoms with Crippen molar-refractivity contribution in [2.75, 3.05) is 6.61 Å². The number of nitrogens with one attached hydrogen (secondary N) is 1. The van der Waals surface area contributed by atoms with E-state index in [9.17, 15) is 9.59 Å². The lowest BCUT2D eigenvalue weighted by Gasteiger charge is -2.17. The molecule has 0 heterocycles. The highest BCUT2D eigenvalue weighted by atomic mass is 16.5. The highest BCUT2D eigenvalue weighted by Gasteiger charge is 2.33. The quantitative estimate of drug-likeness (QED) is 0.806. The van der Waals surface area contributed by atoms with Gasteiger partial charge in [0.25, 0.3) is 5.91 Å². The summed E-state index contributed by atoms with van der Waals surface area (Å²) in [6.45, 7) is 3.83. The van der Waals surface area contributed by atoms with Crippen LogP contribution in [-0.4, -0.2) is 29.6 Å². The standard InChI is InChI=1S/C16H21NO4/c1-10-3-6-14(11(2)7-10)21-9-15(18)17-13(8-16(19)20)12-4-5-12/h3,6-7,12-13H,4-5,8-9H2,1-2H3,(H,17,18)(H,19,20). The second-order valence-corrected chi connectivity index (χ2v) is 5.67. The Morgan fingerprint density at radius 2 is 2.10 bits per heavy atom. The second kappa shape index (κ2) is 6.61. The fourth-order valence-electron chi connectivity index (χ4n) is 2.38. The van der Waals surface area contributed by atoms with E-state index in [1.807, 2.05) is 32.0 Å². The van der Waals surface area contributed by atoms with Crippen LogP contribution in [0, 0.1) is 19.8 Å². The number of rotatable bonds is 7. The van der Waals surface area contributed by atoms with E-state index in [2.05, 4.69) is 5.32 Å². The monoisotopic (exact) mass is 291 g/mol. The number of hydrogen-bond donors (Lipinski definition) is 2. The molecular formula is C16H21NO4. The van der Waals surface area contributed by atoms with Crippen LogP contribution in [0.15, 0.2) is 18.2 Å². The molecule has 0 radical (unpaired) electrons.